The quantitative estimate of drug-likeness (QED) is 0.343. The summed E-state index contributed by atoms with van der Waals surface area (Å²) in [5, 5.41) is 9.56. The summed E-state index contributed by atoms with van der Waals surface area (Å²) in [5.41, 5.74) is -0.780. The smallest absolute Gasteiger partial charge is 0.324 e. The van der Waals surface area contributed by atoms with Gasteiger partial charge >= 0.3 is 5.97 Å². The van der Waals surface area contributed by atoms with Gasteiger partial charge in [0, 0.05) is 23.0 Å². The zero-order chi connectivity index (χ0) is 30.6. The molecule has 0 saturated carbocycles. The minimum Gasteiger partial charge on any atom is -0.459 e. The van der Waals surface area contributed by atoms with Gasteiger partial charge in [-0.15, -0.1) is 0 Å². The number of hydrogen-bond acceptors (Lipinski definition) is 7. The van der Waals surface area contributed by atoms with E-state index in [1.54, 1.807) is 64.1 Å². The molecule has 10 nitrogen and oxygen atoms in total. The van der Waals surface area contributed by atoms with Crippen molar-refractivity contribution in [2.75, 3.05) is 11.4 Å². The molecule has 1 amide bonds. The second-order valence-corrected chi connectivity index (χ2v) is 14.3. The minimum absolute atomic E-state index is 0.0704. The molecule has 1 saturated heterocycles. The average molecular weight is 631 g/mol. The monoisotopic (exact) mass is 629 g/mol. The van der Waals surface area contributed by atoms with Crippen LogP contribution in [0.25, 0.3) is 0 Å². The van der Waals surface area contributed by atoms with E-state index in [0.717, 1.165) is 4.31 Å². The number of nitriles is 1. The van der Waals surface area contributed by atoms with Gasteiger partial charge in [0.05, 0.1) is 23.5 Å². The Labute approximate surface area is 254 Å². The molecule has 0 bridgehead atoms. The fraction of sp³-hybridized carbons (Fsp3) is 0.379. The van der Waals surface area contributed by atoms with Crippen LogP contribution in [-0.2, 0) is 36.3 Å². The number of anilines is 2. The van der Waals surface area contributed by atoms with E-state index in [2.05, 4.69) is 11.1 Å². The summed E-state index contributed by atoms with van der Waals surface area (Å²) in [6, 6.07) is 12.4. The van der Waals surface area contributed by atoms with Crippen LogP contribution in [-0.4, -0.2) is 52.3 Å². The van der Waals surface area contributed by atoms with Crippen molar-refractivity contribution in [2.45, 2.75) is 69.2 Å². The first kappa shape index (κ1) is 30.0. The summed E-state index contributed by atoms with van der Waals surface area (Å²) < 4.78 is 36.6. The van der Waals surface area contributed by atoms with E-state index in [-0.39, 0.29) is 34.0 Å². The number of sulfonamides is 1. The second-order valence-electron chi connectivity index (χ2n) is 11.6. The third kappa shape index (κ3) is 5.28. The highest BCUT2D eigenvalue weighted by atomic mass is 35.5. The molecule has 1 fully saturated rings. The number of carbonyl (C=O) groups excluding carboxylic acids is 2. The molecule has 2 aromatic carbocycles. The predicted molar refractivity (Wildman–Crippen MR) is 157 cm³/mol. The summed E-state index contributed by atoms with van der Waals surface area (Å²) in [5.74, 6) is -1.01. The van der Waals surface area contributed by atoms with Gasteiger partial charge in [-0.2, -0.15) is 9.57 Å². The third-order valence-electron chi connectivity index (χ3n) is 7.26. The van der Waals surface area contributed by atoms with Crippen LogP contribution in [0, 0.1) is 11.3 Å². The van der Waals surface area contributed by atoms with Crippen LogP contribution in [0.15, 0.2) is 53.7 Å². The lowest BCUT2D eigenvalue weighted by Gasteiger charge is -2.29. The van der Waals surface area contributed by atoms with Crippen LogP contribution in [0.3, 0.4) is 0 Å². The predicted octanol–water partition coefficient (Wildman–Crippen LogP) is 5.19. The SMILES string of the molecule is CC(C)(C)OC(=O)[C@@H]1CCCN1S(=O)(=O)c1cnc2n1[C@](C)(Cc1ccc(C#N)cc1)C(=O)N2c1cc(Cl)cc(Cl)c1. The third-order valence-corrected chi connectivity index (χ3v) is 9.57. The Kier molecular flexibility index (Phi) is 7.64. The molecule has 3 heterocycles. The van der Waals surface area contributed by atoms with Crippen LogP contribution in [0.2, 0.25) is 10.0 Å². The van der Waals surface area contributed by atoms with Crippen molar-refractivity contribution in [3.05, 3.63) is 69.8 Å². The normalized spacial score (nSPS) is 20.9. The largest absolute Gasteiger partial charge is 0.459 e. The van der Waals surface area contributed by atoms with Crippen molar-refractivity contribution >= 4 is 56.7 Å². The lowest BCUT2D eigenvalue weighted by atomic mass is 9.91. The number of halogens is 2. The molecule has 3 aromatic rings. The molecule has 5 rings (SSSR count). The first-order chi connectivity index (χ1) is 19.7. The van der Waals surface area contributed by atoms with Crippen molar-refractivity contribution in [1.29, 1.82) is 5.26 Å². The van der Waals surface area contributed by atoms with E-state index >= 15 is 0 Å². The Morgan fingerprint density at radius 1 is 1.17 bits per heavy atom. The Morgan fingerprint density at radius 2 is 1.81 bits per heavy atom. The summed E-state index contributed by atoms with van der Waals surface area (Å²) in [6.45, 7) is 6.91. The maximum Gasteiger partial charge on any atom is 0.324 e. The average Bonchev–Trinajstić information content (AvgIpc) is 3.60. The highest BCUT2D eigenvalue weighted by Crippen LogP contribution is 2.45. The molecule has 0 spiro atoms. The molecular formula is C29H29Cl2N5O5S. The summed E-state index contributed by atoms with van der Waals surface area (Å²) in [4.78, 5) is 33.0. The van der Waals surface area contributed by atoms with Gasteiger partial charge in [0.2, 0.25) is 5.95 Å². The van der Waals surface area contributed by atoms with Gasteiger partial charge in [-0.25, -0.2) is 18.3 Å². The fourth-order valence-corrected chi connectivity index (χ4v) is 7.81. The van der Waals surface area contributed by atoms with Gasteiger partial charge in [0.15, 0.2) is 5.03 Å². The molecule has 0 aliphatic carbocycles. The van der Waals surface area contributed by atoms with Crippen molar-refractivity contribution in [3.8, 4) is 6.07 Å². The highest BCUT2D eigenvalue weighted by Gasteiger charge is 2.53. The van der Waals surface area contributed by atoms with Gasteiger partial charge in [-0.05, 0) is 76.4 Å². The first-order valence-electron chi connectivity index (χ1n) is 13.3. The minimum atomic E-state index is -4.33. The number of nitrogens with zero attached hydrogens (tertiary/aromatic N) is 5. The summed E-state index contributed by atoms with van der Waals surface area (Å²) in [7, 11) is -4.33. The van der Waals surface area contributed by atoms with Gasteiger partial charge < -0.3 is 4.74 Å². The molecule has 2 aliphatic rings. The molecule has 42 heavy (non-hydrogen) atoms. The molecule has 1 aromatic heterocycles. The zero-order valence-electron chi connectivity index (χ0n) is 23.5. The van der Waals surface area contributed by atoms with E-state index < -0.39 is 39.1 Å². The molecule has 0 unspecified atom stereocenters. The lowest BCUT2D eigenvalue weighted by molar-refractivity contribution is -0.158. The zero-order valence-corrected chi connectivity index (χ0v) is 25.8. The number of rotatable bonds is 6. The maximum atomic E-state index is 14.3. The number of benzene rings is 2. The second kappa shape index (κ2) is 10.7. The Hall–Kier alpha value is -3.43. The number of amides is 1. The van der Waals surface area contributed by atoms with Crippen LogP contribution in [0.5, 0.6) is 0 Å². The fourth-order valence-electron chi connectivity index (χ4n) is 5.46. The van der Waals surface area contributed by atoms with Gasteiger partial charge in [0.25, 0.3) is 15.9 Å². The number of hydrogen-bond donors (Lipinski definition) is 0. The molecule has 2 aliphatic heterocycles. The van der Waals surface area contributed by atoms with Crippen molar-refractivity contribution < 1.29 is 22.7 Å². The Bertz CT molecular complexity index is 1710. The summed E-state index contributed by atoms with van der Waals surface area (Å²) >= 11 is 12.5. The molecular weight excluding hydrogens is 601 g/mol. The number of imidazole rings is 1. The molecule has 13 heteroatoms. The molecule has 0 radical (unpaired) electrons. The van der Waals surface area contributed by atoms with E-state index in [0.29, 0.717) is 29.7 Å². The van der Waals surface area contributed by atoms with E-state index in [1.807, 2.05) is 0 Å². The Balaban J connectivity index is 1.64. The molecule has 2 atom stereocenters. The number of fused-ring (bicyclic) bond motifs is 1. The van der Waals surface area contributed by atoms with Crippen LogP contribution < -0.4 is 4.90 Å². The van der Waals surface area contributed by atoms with E-state index in [9.17, 15) is 23.3 Å². The van der Waals surface area contributed by atoms with Crippen molar-refractivity contribution in [1.82, 2.24) is 13.9 Å². The van der Waals surface area contributed by atoms with E-state index in [4.69, 9.17) is 27.9 Å². The van der Waals surface area contributed by atoms with Crippen LogP contribution in [0.1, 0.15) is 51.7 Å². The van der Waals surface area contributed by atoms with Gasteiger partial charge in [-0.3, -0.25) is 14.2 Å². The van der Waals surface area contributed by atoms with E-state index in [1.165, 1.54) is 21.7 Å². The molecule has 220 valence electrons. The maximum absolute atomic E-state index is 14.3. The van der Waals surface area contributed by atoms with Crippen molar-refractivity contribution in [2.24, 2.45) is 0 Å². The van der Waals surface area contributed by atoms with Crippen LogP contribution >= 0.6 is 23.2 Å². The standard InChI is InChI=1S/C29H29Cl2N5O5S/c1-28(2,3)41-25(37)23-6-5-11-34(23)42(39,40)24-17-33-27-35(22-13-20(30)12-21(31)14-22)26(38)29(4,36(24)27)15-18-7-9-19(16-32)10-8-18/h7-10,12-14,17,23H,5-6,11,15H2,1-4H3/t23-,29+/m0/s1. The van der Waals surface area contributed by atoms with Crippen LogP contribution in [0.4, 0.5) is 11.6 Å². The number of esters is 1. The van der Waals surface area contributed by atoms with Gasteiger partial charge in [-0.1, -0.05) is 35.3 Å². The van der Waals surface area contributed by atoms with Gasteiger partial charge in [0.1, 0.15) is 17.2 Å². The first-order valence-corrected chi connectivity index (χ1v) is 15.5. The van der Waals surface area contributed by atoms with Crippen molar-refractivity contribution in [3.63, 3.8) is 0 Å². The summed E-state index contributed by atoms with van der Waals surface area (Å²) in [6.07, 6.45) is 2.07. The number of carbonyl (C=O) groups is 2. The Morgan fingerprint density at radius 3 is 2.40 bits per heavy atom. The molecule has 0 N–H and O–H groups in total. The lowest BCUT2D eigenvalue weighted by Crippen LogP contribution is -2.46. The highest BCUT2D eigenvalue weighted by molar-refractivity contribution is 7.89. The number of ether oxygens (including phenoxy) is 1. The topological polar surface area (TPSA) is 126 Å². The number of aromatic nitrogens is 2.